The molecule has 4 heteroatoms. The molecule has 0 aliphatic carbocycles. The van der Waals surface area contributed by atoms with Crippen LogP contribution in [0.2, 0.25) is 5.02 Å². The Morgan fingerprint density at radius 1 is 1.18 bits per heavy atom. The number of hydrogen-bond donors (Lipinski definition) is 1. The Hall–Kier alpha value is -1.06. The summed E-state index contributed by atoms with van der Waals surface area (Å²) in [6.45, 7) is 4.04. The molecule has 0 bridgehead atoms. The fraction of sp³-hybridized carbons (Fsp3) is 0.154. The van der Waals surface area contributed by atoms with E-state index in [0.717, 1.165) is 32.1 Å². The third-order valence-electron chi connectivity index (χ3n) is 2.49. The fourth-order valence-electron chi connectivity index (χ4n) is 1.57. The summed E-state index contributed by atoms with van der Waals surface area (Å²) in [5, 5.41) is 4.05. The number of nitrogens with zero attached hydrogens (tertiary/aromatic N) is 1. The predicted molar refractivity (Wildman–Crippen MR) is 76.1 cm³/mol. The molecule has 0 aliphatic heterocycles. The highest BCUT2D eigenvalue weighted by Crippen LogP contribution is 2.25. The van der Waals surface area contributed by atoms with Gasteiger partial charge in [0.2, 0.25) is 0 Å². The van der Waals surface area contributed by atoms with Gasteiger partial charge in [0.25, 0.3) is 0 Å². The van der Waals surface area contributed by atoms with E-state index in [1.54, 1.807) is 6.20 Å². The first kappa shape index (κ1) is 12.4. The molecule has 0 atom stereocenters. The first-order valence-electron chi connectivity index (χ1n) is 5.21. The number of aromatic nitrogens is 1. The lowest BCUT2D eigenvalue weighted by Gasteiger charge is -2.11. The van der Waals surface area contributed by atoms with Crippen molar-refractivity contribution in [3.8, 4) is 0 Å². The zero-order chi connectivity index (χ0) is 12.4. The molecule has 1 aromatic heterocycles. The van der Waals surface area contributed by atoms with E-state index in [0.29, 0.717) is 0 Å². The summed E-state index contributed by atoms with van der Waals surface area (Å²) < 4.78 is 0.980. The first-order valence-corrected chi connectivity index (χ1v) is 6.38. The van der Waals surface area contributed by atoms with E-state index in [1.165, 1.54) is 0 Å². The molecule has 2 aromatic rings. The van der Waals surface area contributed by atoms with Gasteiger partial charge in [-0.05, 0) is 65.2 Å². The number of halogens is 2. The Morgan fingerprint density at radius 3 is 2.59 bits per heavy atom. The minimum absolute atomic E-state index is 0.744. The van der Waals surface area contributed by atoms with E-state index in [1.807, 2.05) is 38.1 Å². The van der Waals surface area contributed by atoms with Crippen LogP contribution in [0.5, 0.6) is 0 Å². The Kier molecular flexibility index (Phi) is 3.69. The van der Waals surface area contributed by atoms with Crippen LogP contribution in [-0.4, -0.2) is 4.98 Å². The second-order valence-corrected chi connectivity index (χ2v) is 5.26. The molecule has 0 spiro atoms. The van der Waals surface area contributed by atoms with Crippen molar-refractivity contribution in [1.29, 1.82) is 0 Å². The molecule has 0 saturated carbocycles. The summed E-state index contributed by atoms with van der Waals surface area (Å²) in [4.78, 5) is 4.35. The largest absolute Gasteiger partial charge is 0.340 e. The molecule has 88 valence electrons. The average Bonchev–Trinajstić information content (AvgIpc) is 2.25. The van der Waals surface area contributed by atoms with E-state index in [-0.39, 0.29) is 0 Å². The predicted octanol–water partition coefficient (Wildman–Crippen LogP) is 4.86. The smallest absolute Gasteiger partial charge is 0.133 e. The molecule has 1 N–H and O–H groups in total. The van der Waals surface area contributed by atoms with E-state index in [2.05, 4.69) is 26.2 Å². The van der Waals surface area contributed by atoms with E-state index in [4.69, 9.17) is 11.6 Å². The molecule has 1 aromatic carbocycles. The van der Waals surface area contributed by atoms with Gasteiger partial charge in [-0.25, -0.2) is 4.98 Å². The van der Waals surface area contributed by atoms with Gasteiger partial charge in [-0.3, -0.25) is 0 Å². The highest BCUT2D eigenvalue weighted by Gasteiger charge is 2.04. The number of pyridine rings is 1. The standard InChI is InChI=1S/C13H12BrClN2/c1-8-6-11(15)3-4-12(8)17-13-9(2)5-10(14)7-16-13/h3-7H,1-2H3,(H,16,17). The summed E-state index contributed by atoms with van der Waals surface area (Å²) in [5.74, 6) is 0.860. The maximum atomic E-state index is 5.92. The Bertz CT molecular complexity index is 506. The molecule has 2 rings (SSSR count). The highest BCUT2D eigenvalue weighted by atomic mass is 79.9. The summed E-state index contributed by atoms with van der Waals surface area (Å²) in [6.07, 6.45) is 1.78. The SMILES string of the molecule is Cc1cc(Cl)ccc1Nc1ncc(Br)cc1C. The minimum atomic E-state index is 0.744. The van der Waals surface area contributed by atoms with Crippen LogP contribution in [-0.2, 0) is 0 Å². The summed E-state index contributed by atoms with van der Waals surface area (Å²) in [7, 11) is 0. The average molecular weight is 312 g/mol. The van der Waals surface area contributed by atoms with E-state index < -0.39 is 0 Å². The van der Waals surface area contributed by atoms with Crippen LogP contribution in [0.15, 0.2) is 34.9 Å². The van der Waals surface area contributed by atoms with Crippen LogP contribution in [0.4, 0.5) is 11.5 Å². The molecular formula is C13H12BrClN2. The fourth-order valence-corrected chi connectivity index (χ4v) is 2.24. The molecule has 0 radical (unpaired) electrons. The molecule has 17 heavy (non-hydrogen) atoms. The molecular weight excluding hydrogens is 300 g/mol. The maximum absolute atomic E-state index is 5.92. The summed E-state index contributed by atoms with van der Waals surface area (Å²) in [6, 6.07) is 7.78. The van der Waals surface area contributed by atoms with Gasteiger partial charge < -0.3 is 5.32 Å². The summed E-state index contributed by atoms with van der Waals surface area (Å²) in [5.41, 5.74) is 3.21. The molecule has 1 heterocycles. The first-order chi connectivity index (χ1) is 8.06. The van der Waals surface area contributed by atoms with Crippen LogP contribution < -0.4 is 5.32 Å². The molecule has 0 saturated heterocycles. The van der Waals surface area contributed by atoms with Crippen molar-refractivity contribution in [2.24, 2.45) is 0 Å². The van der Waals surface area contributed by atoms with Crippen molar-refractivity contribution in [2.45, 2.75) is 13.8 Å². The molecule has 0 unspecified atom stereocenters. The van der Waals surface area contributed by atoms with Crippen LogP contribution in [0.1, 0.15) is 11.1 Å². The van der Waals surface area contributed by atoms with Gasteiger partial charge in [-0.1, -0.05) is 11.6 Å². The van der Waals surface area contributed by atoms with Gasteiger partial charge in [0.1, 0.15) is 5.82 Å². The molecule has 0 fully saturated rings. The van der Waals surface area contributed by atoms with Crippen molar-refractivity contribution >= 4 is 39.0 Å². The Morgan fingerprint density at radius 2 is 1.94 bits per heavy atom. The number of hydrogen-bond acceptors (Lipinski definition) is 2. The van der Waals surface area contributed by atoms with E-state index in [9.17, 15) is 0 Å². The maximum Gasteiger partial charge on any atom is 0.133 e. The normalized spacial score (nSPS) is 10.4. The Balaban J connectivity index is 2.31. The number of rotatable bonds is 2. The van der Waals surface area contributed by atoms with Gasteiger partial charge in [0.05, 0.1) is 0 Å². The van der Waals surface area contributed by atoms with Gasteiger partial charge in [0, 0.05) is 21.4 Å². The minimum Gasteiger partial charge on any atom is -0.340 e. The van der Waals surface area contributed by atoms with Crippen molar-refractivity contribution in [1.82, 2.24) is 4.98 Å². The topological polar surface area (TPSA) is 24.9 Å². The zero-order valence-electron chi connectivity index (χ0n) is 9.59. The number of benzene rings is 1. The third-order valence-corrected chi connectivity index (χ3v) is 3.16. The number of anilines is 2. The van der Waals surface area contributed by atoms with Crippen LogP contribution in [0, 0.1) is 13.8 Å². The van der Waals surface area contributed by atoms with Crippen LogP contribution in [0.25, 0.3) is 0 Å². The number of aryl methyl sites for hydroxylation is 2. The van der Waals surface area contributed by atoms with Gasteiger partial charge >= 0.3 is 0 Å². The molecule has 0 aliphatic rings. The lowest BCUT2D eigenvalue weighted by Crippen LogP contribution is -1.97. The van der Waals surface area contributed by atoms with Crippen molar-refractivity contribution in [3.05, 3.63) is 51.1 Å². The second-order valence-electron chi connectivity index (χ2n) is 3.90. The van der Waals surface area contributed by atoms with Gasteiger partial charge in [-0.15, -0.1) is 0 Å². The highest BCUT2D eigenvalue weighted by molar-refractivity contribution is 9.10. The Labute approximate surface area is 114 Å². The van der Waals surface area contributed by atoms with Crippen molar-refractivity contribution in [3.63, 3.8) is 0 Å². The monoisotopic (exact) mass is 310 g/mol. The van der Waals surface area contributed by atoms with E-state index >= 15 is 0 Å². The second kappa shape index (κ2) is 5.07. The van der Waals surface area contributed by atoms with Crippen LogP contribution in [0.3, 0.4) is 0 Å². The lowest BCUT2D eigenvalue weighted by molar-refractivity contribution is 1.23. The van der Waals surface area contributed by atoms with Gasteiger partial charge in [0.15, 0.2) is 0 Å². The lowest BCUT2D eigenvalue weighted by atomic mass is 10.2. The molecule has 2 nitrogen and oxygen atoms in total. The van der Waals surface area contributed by atoms with Crippen molar-refractivity contribution < 1.29 is 0 Å². The van der Waals surface area contributed by atoms with Crippen molar-refractivity contribution in [2.75, 3.05) is 5.32 Å². The summed E-state index contributed by atoms with van der Waals surface area (Å²) >= 11 is 9.32. The quantitative estimate of drug-likeness (QED) is 0.857. The third kappa shape index (κ3) is 2.99. The van der Waals surface area contributed by atoms with Crippen LogP contribution >= 0.6 is 27.5 Å². The number of nitrogens with one attached hydrogen (secondary N) is 1. The zero-order valence-corrected chi connectivity index (χ0v) is 11.9. The van der Waals surface area contributed by atoms with Gasteiger partial charge in [-0.2, -0.15) is 0 Å². The molecule has 0 amide bonds.